The van der Waals surface area contributed by atoms with Gasteiger partial charge in [-0.3, -0.25) is 9.69 Å². The number of likely N-dealkylation sites (tertiary alicyclic amines) is 1. The zero-order chi connectivity index (χ0) is 19.3. The van der Waals surface area contributed by atoms with Crippen LogP contribution in [0.2, 0.25) is 0 Å². The second-order valence-corrected chi connectivity index (χ2v) is 7.81. The van der Waals surface area contributed by atoms with Gasteiger partial charge in [0.1, 0.15) is 0 Å². The second-order valence-electron chi connectivity index (χ2n) is 7.81. The van der Waals surface area contributed by atoms with E-state index in [2.05, 4.69) is 60.5 Å². The van der Waals surface area contributed by atoms with Crippen LogP contribution in [0.4, 0.5) is 0 Å². The van der Waals surface area contributed by atoms with Crippen molar-refractivity contribution in [3.63, 3.8) is 0 Å². The third-order valence-electron chi connectivity index (χ3n) is 5.60. The first-order chi connectivity index (χ1) is 13.0. The highest BCUT2D eigenvalue weighted by molar-refractivity contribution is 5.83. The average molecular weight is 367 g/mol. The molecule has 2 aromatic carbocycles. The van der Waals surface area contributed by atoms with Gasteiger partial charge >= 0.3 is 0 Å². The number of carbonyl (C=O) groups excluding carboxylic acids is 1. The lowest BCUT2D eigenvalue weighted by molar-refractivity contribution is -0.130. The Kier molecular flexibility index (Phi) is 6.30. The Balaban J connectivity index is 1.79. The molecule has 0 aliphatic carbocycles. The normalized spacial score (nSPS) is 20.1. The third-order valence-corrected chi connectivity index (χ3v) is 5.60. The number of hydrogen-bond donors (Lipinski definition) is 2. The minimum atomic E-state index is -0.423. The summed E-state index contributed by atoms with van der Waals surface area (Å²) in [4.78, 5) is 15.3. The van der Waals surface area contributed by atoms with Crippen molar-refractivity contribution in [2.75, 3.05) is 26.2 Å². The Morgan fingerprint density at radius 1 is 1.11 bits per heavy atom. The Morgan fingerprint density at radius 2 is 1.78 bits per heavy atom. The van der Waals surface area contributed by atoms with Crippen molar-refractivity contribution < 1.29 is 9.90 Å². The van der Waals surface area contributed by atoms with E-state index in [0.717, 1.165) is 25.9 Å². The first kappa shape index (κ1) is 19.6. The predicted octanol–water partition coefficient (Wildman–Crippen LogP) is 3.11. The van der Waals surface area contributed by atoms with E-state index < -0.39 is 5.41 Å². The van der Waals surface area contributed by atoms with Crippen molar-refractivity contribution in [1.82, 2.24) is 10.2 Å². The summed E-state index contributed by atoms with van der Waals surface area (Å²) >= 11 is 0. The molecule has 2 N–H and O–H groups in total. The Morgan fingerprint density at radius 3 is 2.37 bits per heavy atom. The number of carbonyl (C=O) groups is 1. The maximum absolute atomic E-state index is 12.9. The summed E-state index contributed by atoms with van der Waals surface area (Å²) in [6, 6.07) is 19.3. The molecular formula is C23H30N2O2. The predicted molar refractivity (Wildman–Crippen MR) is 109 cm³/mol. The van der Waals surface area contributed by atoms with Gasteiger partial charge in [-0.1, -0.05) is 54.6 Å². The van der Waals surface area contributed by atoms with E-state index in [0.29, 0.717) is 12.6 Å². The smallest absolute Gasteiger partial charge is 0.227 e. The van der Waals surface area contributed by atoms with Crippen molar-refractivity contribution in [3.05, 3.63) is 60.2 Å². The topological polar surface area (TPSA) is 52.6 Å². The van der Waals surface area contributed by atoms with Crippen LogP contribution in [-0.2, 0) is 11.2 Å². The number of aliphatic hydroxyl groups is 1. The van der Waals surface area contributed by atoms with Gasteiger partial charge in [0.2, 0.25) is 5.91 Å². The fourth-order valence-electron chi connectivity index (χ4n) is 3.95. The largest absolute Gasteiger partial charge is 0.395 e. The average Bonchev–Trinajstić information content (AvgIpc) is 3.13. The van der Waals surface area contributed by atoms with Crippen molar-refractivity contribution in [2.24, 2.45) is 5.41 Å². The van der Waals surface area contributed by atoms with Crippen LogP contribution >= 0.6 is 0 Å². The Bertz CT molecular complexity index is 743. The molecule has 1 atom stereocenters. The molecule has 4 nitrogen and oxygen atoms in total. The first-order valence-electron chi connectivity index (χ1n) is 9.82. The van der Waals surface area contributed by atoms with Gasteiger partial charge in [0.25, 0.3) is 0 Å². The van der Waals surface area contributed by atoms with Gasteiger partial charge in [0.15, 0.2) is 0 Å². The molecule has 2 aromatic rings. The summed E-state index contributed by atoms with van der Waals surface area (Å²) in [5.74, 6) is 0.0619. The SMILES string of the molecule is CC(C)N1CC[C@@](Cc2ccc(-c3ccccc3)cc2)(C(=O)NCCO)C1. The zero-order valence-corrected chi connectivity index (χ0v) is 16.3. The molecular weight excluding hydrogens is 336 g/mol. The summed E-state index contributed by atoms with van der Waals surface area (Å²) in [5, 5.41) is 12.0. The lowest BCUT2D eigenvalue weighted by Crippen LogP contribution is -2.46. The lowest BCUT2D eigenvalue weighted by Gasteiger charge is -2.29. The highest BCUT2D eigenvalue weighted by Gasteiger charge is 2.44. The number of nitrogens with zero attached hydrogens (tertiary/aromatic N) is 1. The Labute approximate surface area is 162 Å². The molecule has 1 heterocycles. The van der Waals surface area contributed by atoms with E-state index in [9.17, 15) is 4.79 Å². The van der Waals surface area contributed by atoms with Gasteiger partial charge < -0.3 is 10.4 Å². The quantitative estimate of drug-likeness (QED) is 0.792. The van der Waals surface area contributed by atoms with E-state index in [4.69, 9.17) is 5.11 Å². The van der Waals surface area contributed by atoms with Crippen LogP contribution in [0.25, 0.3) is 11.1 Å². The minimum absolute atomic E-state index is 0.0263. The molecule has 1 aliphatic heterocycles. The molecule has 144 valence electrons. The van der Waals surface area contributed by atoms with Crippen LogP contribution < -0.4 is 5.32 Å². The summed E-state index contributed by atoms with van der Waals surface area (Å²) < 4.78 is 0. The van der Waals surface area contributed by atoms with Crippen molar-refractivity contribution in [2.45, 2.75) is 32.7 Å². The fraction of sp³-hybridized carbons (Fsp3) is 0.435. The van der Waals surface area contributed by atoms with Gasteiger partial charge in [0.05, 0.1) is 12.0 Å². The molecule has 1 aliphatic rings. The van der Waals surface area contributed by atoms with Crippen LogP contribution in [0, 0.1) is 5.41 Å². The molecule has 1 saturated heterocycles. The highest BCUT2D eigenvalue weighted by atomic mass is 16.3. The maximum Gasteiger partial charge on any atom is 0.227 e. The molecule has 0 aromatic heterocycles. The van der Waals surface area contributed by atoms with Crippen LogP contribution in [0.1, 0.15) is 25.8 Å². The molecule has 0 bridgehead atoms. The van der Waals surface area contributed by atoms with E-state index in [1.807, 2.05) is 18.2 Å². The second kappa shape index (κ2) is 8.68. The van der Waals surface area contributed by atoms with Gasteiger partial charge in [-0.2, -0.15) is 0 Å². The molecule has 1 amide bonds. The van der Waals surface area contributed by atoms with Gasteiger partial charge in [-0.05, 0) is 49.9 Å². The van der Waals surface area contributed by atoms with E-state index in [1.54, 1.807) is 0 Å². The first-order valence-corrected chi connectivity index (χ1v) is 9.82. The molecule has 4 heteroatoms. The molecule has 1 fully saturated rings. The minimum Gasteiger partial charge on any atom is -0.395 e. The van der Waals surface area contributed by atoms with Gasteiger partial charge in [-0.25, -0.2) is 0 Å². The third kappa shape index (κ3) is 4.57. The lowest BCUT2D eigenvalue weighted by atomic mass is 9.79. The van der Waals surface area contributed by atoms with Crippen LogP contribution in [0.3, 0.4) is 0 Å². The summed E-state index contributed by atoms with van der Waals surface area (Å²) in [6.45, 7) is 6.35. The number of rotatable bonds is 7. The number of benzene rings is 2. The van der Waals surface area contributed by atoms with E-state index in [-0.39, 0.29) is 12.5 Å². The van der Waals surface area contributed by atoms with Gasteiger partial charge in [-0.15, -0.1) is 0 Å². The maximum atomic E-state index is 12.9. The van der Waals surface area contributed by atoms with Crippen LogP contribution in [0.15, 0.2) is 54.6 Å². The molecule has 0 saturated carbocycles. The molecule has 27 heavy (non-hydrogen) atoms. The number of amides is 1. The fourth-order valence-corrected chi connectivity index (χ4v) is 3.95. The Hall–Kier alpha value is -2.17. The summed E-state index contributed by atoms with van der Waals surface area (Å²) in [6.07, 6.45) is 1.57. The van der Waals surface area contributed by atoms with E-state index >= 15 is 0 Å². The highest BCUT2D eigenvalue weighted by Crippen LogP contribution is 2.36. The monoisotopic (exact) mass is 366 g/mol. The van der Waals surface area contributed by atoms with Crippen molar-refractivity contribution in [1.29, 1.82) is 0 Å². The standard InChI is InChI=1S/C23H30N2O2/c1-18(2)25-14-12-23(17-25,22(27)24-13-15-26)16-19-8-10-21(11-9-19)20-6-4-3-5-7-20/h3-11,18,26H,12-17H2,1-2H3,(H,24,27)/t23-/m0/s1. The zero-order valence-electron chi connectivity index (χ0n) is 16.3. The summed E-state index contributed by atoms with van der Waals surface area (Å²) in [7, 11) is 0. The van der Waals surface area contributed by atoms with Crippen molar-refractivity contribution in [3.8, 4) is 11.1 Å². The number of aliphatic hydroxyl groups excluding tert-OH is 1. The van der Waals surface area contributed by atoms with E-state index in [1.165, 1.54) is 16.7 Å². The van der Waals surface area contributed by atoms with Crippen LogP contribution in [0.5, 0.6) is 0 Å². The molecule has 0 unspecified atom stereocenters. The number of nitrogens with one attached hydrogen (secondary N) is 1. The molecule has 0 spiro atoms. The molecule has 3 rings (SSSR count). The molecule has 0 radical (unpaired) electrons. The number of hydrogen-bond acceptors (Lipinski definition) is 3. The van der Waals surface area contributed by atoms with Gasteiger partial charge in [0, 0.05) is 19.1 Å². The van der Waals surface area contributed by atoms with Crippen LogP contribution in [-0.4, -0.2) is 48.2 Å². The van der Waals surface area contributed by atoms with Crippen molar-refractivity contribution >= 4 is 5.91 Å². The summed E-state index contributed by atoms with van der Waals surface area (Å²) in [5.41, 5.74) is 3.15.